The van der Waals surface area contributed by atoms with E-state index in [4.69, 9.17) is 0 Å². The van der Waals surface area contributed by atoms with Crippen molar-refractivity contribution < 1.29 is 20.1 Å². The molecule has 1 aromatic carbocycles. The van der Waals surface area contributed by atoms with Crippen molar-refractivity contribution in [1.29, 1.82) is 0 Å². The van der Waals surface area contributed by atoms with Crippen LogP contribution in [0.5, 0.6) is 11.5 Å². The molecule has 0 amide bonds. The molecule has 0 aliphatic heterocycles. The molecule has 0 radical (unpaired) electrons. The molecule has 1 aromatic rings. The number of aromatic hydroxyl groups is 2. The summed E-state index contributed by atoms with van der Waals surface area (Å²) in [6, 6.07) is 1.68. The molecule has 132 valence electrons. The lowest BCUT2D eigenvalue weighted by molar-refractivity contribution is 0.0354. The number of hydrogen-bond acceptors (Lipinski definition) is 4. The quantitative estimate of drug-likeness (QED) is 0.722. The number of fused-ring (bicyclic) bond motifs is 3. The first kappa shape index (κ1) is 17.3. The van der Waals surface area contributed by atoms with Crippen molar-refractivity contribution in [3.63, 3.8) is 0 Å². The zero-order valence-corrected chi connectivity index (χ0v) is 15.0. The predicted molar refractivity (Wildman–Crippen MR) is 92.6 cm³/mol. The van der Waals surface area contributed by atoms with Gasteiger partial charge in [0.1, 0.15) is 0 Å². The highest BCUT2D eigenvalue weighted by Gasteiger charge is 2.53. The Morgan fingerprint density at radius 1 is 1.21 bits per heavy atom. The van der Waals surface area contributed by atoms with Gasteiger partial charge in [-0.05, 0) is 37.2 Å². The van der Waals surface area contributed by atoms with Crippen LogP contribution in [0, 0.1) is 11.3 Å². The number of hydrogen-bond donors (Lipinski definition) is 3. The topological polar surface area (TPSA) is 77.8 Å². The minimum absolute atomic E-state index is 0.0285. The van der Waals surface area contributed by atoms with Crippen molar-refractivity contribution in [2.75, 3.05) is 0 Å². The molecular formula is C20H28O4. The second kappa shape index (κ2) is 5.48. The molecule has 4 heteroatoms. The zero-order chi connectivity index (χ0) is 17.9. The molecule has 1 unspecified atom stereocenters. The van der Waals surface area contributed by atoms with Crippen molar-refractivity contribution in [1.82, 2.24) is 0 Å². The molecule has 0 aromatic heterocycles. The Bertz CT molecular complexity index is 689. The van der Waals surface area contributed by atoms with Gasteiger partial charge in [-0.2, -0.15) is 0 Å². The first-order valence-electron chi connectivity index (χ1n) is 8.87. The molecule has 1 saturated carbocycles. The van der Waals surface area contributed by atoms with Gasteiger partial charge in [0.05, 0.1) is 6.10 Å². The summed E-state index contributed by atoms with van der Waals surface area (Å²) in [5.41, 5.74) is 1.30. The molecule has 0 spiro atoms. The number of benzene rings is 1. The maximum absolute atomic E-state index is 12.8. The minimum Gasteiger partial charge on any atom is -0.504 e. The fourth-order valence-corrected chi connectivity index (χ4v) is 5.20. The number of ketones is 1. The smallest absolute Gasteiger partial charge is 0.163 e. The SMILES string of the molecule is CC(O)Cc1cc2c(c(O)c1O)[C@@]1(C)CCCC(C)(C)[C@@H]1CC2=O. The Labute approximate surface area is 143 Å². The molecule has 24 heavy (non-hydrogen) atoms. The number of aliphatic hydroxyl groups excluding tert-OH is 1. The van der Waals surface area contributed by atoms with Crippen LogP contribution in [0.1, 0.15) is 74.9 Å². The van der Waals surface area contributed by atoms with Crippen LogP contribution in [0.4, 0.5) is 0 Å². The van der Waals surface area contributed by atoms with Gasteiger partial charge in [-0.1, -0.05) is 27.2 Å². The lowest BCUT2D eigenvalue weighted by Crippen LogP contribution is -2.49. The van der Waals surface area contributed by atoms with Gasteiger partial charge in [0, 0.05) is 34.9 Å². The van der Waals surface area contributed by atoms with Crippen molar-refractivity contribution in [3.8, 4) is 11.5 Å². The van der Waals surface area contributed by atoms with Crippen LogP contribution in [-0.4, -0.2) is 27.2 Å². The Balaban J connectivity index is 2.22. The number of carbonyl (C=O) groups is 1. The summed E-state index contributed by atoms with van der Waals surface area (Å²) in [5.74, 6) is -0.162. The normalized spacial score (nSPS) is 29.7. The monoisotopic (exact) mass is 332 g/mol. The Kier molecular flexibility index (Phi) is 3.95. The summed E-state index contributed by atoms with van der Waals surface area (Å²) in [6.45, 7) is 8.15. The maximum Gasteiger partial charge on any atom is 0.163 e. The van der Waals surface area contributed by atoms with Gasteiger partial charge in [-0.15, -0.1) is 0 Å². The zero-order valence-electron chi connectivity index (χ0n) is 15.0. The fourth-order valence-electron chi connectivity index (χ4n) is 5.20. The van der Waals surface area contributed by atoms with Crippen molar-refractivity contribution in [2.24, 2.45) is 11.3 Å². The minimum atomic E-state index is -0.649. The van der Waals surface area contributed by atoms with Crippen molar-refractivity contribution >= 4 is 5.78 Å². The van der Waals surface area contributed by atoms with E-state index >= 15 is 0 Å². The molecule has 0 heterocycles. The molecule has 0 bridgehead atoms. The lowest BCUT2D eigenvalue weighted by atomic mass is 9.50. The standard InChI is InChI=1S/C20H28O4/c1-11(21)8-12-9-13-14(22)10-15-19(2,3)6-5-7-20(15,4)16(13)18(24)17(12)23/h9,11,15,21,23-24H,5-8,10H2,1-4H3/t11?,15-,20-/m0/s1. The summed E-state index contributed by atoms with van der Waals surface area (Å²) >= 11 is 0. The van der Waals surface area contributed by atoms with Gasteiger partial charge in [-0.3, -0.25) is 4.79 Å². The van der Waals surface area contributed by atoms with E-state index in [2.05, 4.69) is 20.8 Å². The van der Waals surface area contributed by atoms with Gasteiger partial charge in [0.2, 0.25) is 0 Å². The van der Waals surface area contributed by atoms with Crippen molar-refractivity contribution in [3.05, 3.63) is 22.8 Å². The third kappa shape index (κ3) is 2.43. The molecule has 0 saturated heterocycles. The van der Waals surface area contributed by atoms with E-state index in [1.807, 2.05) is 0 Å². The molecule has 4 nitrogen and oxygen atoms in total. The fraction of sp³-hybridized carbons (Fsp3) is 0.650. The van der Waals surface area contributed by atoms with Crippen LogP contribution >= 0.6 is 0 Å². The van der Waals surface area contributed by atoms with Crippen LogP contribution in [0.25, 0.3) is 0 Å². The lowest BCUT2D eigenvalue weighted by Gasteiger charge is -2.53. The number of phenolic OH excluding ortho intramolecular Hbond substituents is 2. The molecule has 3 N–H and O–H groups in total. The van der Waals surface area contributed by atoms with Gasteiger partial charge < -0.3 is 15.3 Å². The summed E-state index contributed by atoms with van der Waals surface area (Å²) in [4.78, 5) is 12.8. The Morgan fingerprint density at radius 3 is 2.50 bits per heavy atom. The third-order valence-electron chi connectivity index (χ3n) is 6.36. The van der Waals surface area contributed by atoms with Crippen LogP contribution in [0.15, 0.2) is 6.07 Å². The molecule has 3 atom stereocenters. The highest BCUT2D eigenvalue weighted by Crippen LogP contribution is 2.60. The van der Waals surface area contributed by atoms with E-state index < -0.39 is 6.10 Å². The highest BCUT2D eigenvalue weighted by atomic mass is 16.3. The van der Waals surface area contributed by atoms with Gasteiger partial charge in [0.15, 0.2) is 17.3 Å². The predicted octanol–water partition coefficient (Wildman–Crippen LogP) is 3.69. The highest BCUT2D eigenvalue weighted by molar-refractivity contribution is 6.01. The Morgan fingerprint density at radius 2 is 1.88 bits per heavy atom. The van der Waals surface area contributed by atoms with Crippen LogP contribution in [-0.2, 0) is 11.8 Å². The van der Waals surface area contributed by atoms with Gasteiger partial charge in [-0.25, -0.2) is 0 Å². The van der Waals surface area contributed by atoms with Crippen LogP contribution in [0.2, 0.25) is 0 Å². The largest absolute Gasteiger partial charge is 0.504 e. The van der Waals surface area contributed by atoms with E-state index in [-0.39, 0.29) is 40.5 Å². The van der Waals surface area contributed by atoms with Gasteiger partial charge >= 0.3 is 0 Å². The molecule has 2 aliphatic carbocycles. The second-order valence-corrected chi connectivity index (χ2v) is 8.65. The van der Waals surface area contributed by atoms with E-state index in [1.54, 1.807) is 13.0 Å². The molecular weight excluding hydrogens is 304 g/mol. The number of aliphatic hydroxyl groups is 1. The number of phenols is 2. The van der Waals surface area contributed by atoms with E-state index in [1.165, 1.54) is 0 Å². The summed E-state index contributed by atoms with van der Waals surface area (Å²) in [7, 11) is 0. The van der Waals surface area contributed by atoms with Gasteiger partial charge in [0.25, 0.3) is 0 Å². The molecule has 1 fully saturated rings. The number of carbonyl (C=O) groups excluding carboxylic acids is 1. The first-order valence-corrected chi connectivity index (χ1v) is 8.87. The number of Topliss-reactive ketones (excluding diaryl/α,β-unsaturated/α-hetero) is 1. The maximum atomic E-state index is 12.8. The number of rotatable bonds is 2. The Hall–Kier alpha value is -1.55. The van der Waals surface area contributed by atoms with E-state index in [0.29, 0.717) is 23.1 Å². The summed E-state index contributed by atoms with van der Waals surface area (Å²) in [6.07, 6.45) is 3.07. The average Bonchev–Trinajstić information content (AvgIpc) is 2.45. The third-order valence-corrected chi connectivity index (χ3v) is 6.36. The summed E-state index contributed by atoms with van der Waals surface area (Å²) in [5, 5.41) is 30.8. The molecule has 3 rings (SSSR count). The van der Waals surface area contributed by atoms with Crippen molar-refractivity contribution in [2.45, 2.75) is 71.3 Å². The first-order chi connectivity index (χ1) is 11.1. The van der Waals surface area contributed by atoms with Crippen LogP contribution < -0.4 is 0 Å². The second-order valence-electron chi connectivity index (χ2n) is 8.65. The summed E-state index contributed by atoms with van der Waals surface area (Å²) < 4.78 is 0. The van der Waals surface area contributed by atoms with Crippen LogP contribution in [0.3, 0.4) is 0 Å². The molecule has 2 aliphatic rings. The average molecular weight is 332 g/mol. The van der Waals surface area contributed by atoms with E-state index in [0.717, 1.165) is 19.3 Å². The van der Waals surface area contributed by atoms with E-state index in [9.17, 15) is 20.1 Å².